The minimum Gasteiger partial charge on any atom is -0.378 e. The van der Waals surface area contributed by atoms with Crippen LogP contribution in [-0.4, -0.2) is 25.0 Å². The van der Waals surface area contributed by atoms with Crippen molar-refractivity contribution in [1.29, 1.82) is 0 Å². The second-order valence-electron chi connectivity index (χ2n) is 5.30. The molecular weight excluding hydrogens is 276 g/mol. The van der Waals surface area contributed by atoms with Crippen molar-refractivity contribution in [3.8, 4) is 0 Å². The Bertz CT molecular complexity index is 606. The zero-order chi connectivity index (χ0) is 15.9. The maximum absolute atomic E-state index is 11.5. The Kier molecular flexibility index (Phi) is 5.36. The van der Waals surface area contributed by atoms with Gasteiger partial charge in [0.1, 0.15) is 5.82 Å². The number of anilines is 4. The predicted molar refractivity (Wildman–Crippen MR) is 91.8 cm³/mol. The van der Waals surface area contributed by atoms with E-state index in [1.54, 1.807) is 12.3 Å². The highest BCUT2D eigenvalue weighted by molar-refractivity contribution is 5.89. The molecule has 5 nitrogen and oxygen atoms in total. The third-order valence-corrected chi connectivity index (χ3v) is 3.18. The largest absolute Gasteiger partial charge is 0.378 e. The highest BCUT2D eigenvalue weighted by Gasteiger charge is 2.02. The lowest BCUT2D eigenvalue weighted by Crippen LogP contribution is -2.11. The van der Waals surface area contributed by atoms with Gasteiger partial charge in [-0.1, -0.05) is 6.92 Å². The molecule has 0 aliphatic rings. The zero-order valence-corrected chi connectivity index (χ0v) is 13.3. The molecule has 0 fully saturated rings. The van der Waals surface area contributed by atoms with Gasteiger partial charge in [-0.15, -0.1) is 0 Å². The average molecular weight is 298 g/mol. The third-order valence-electron chi connectivity index (χ3n) is 3.18. The van der Waals surface area contributed by atoms with Crippen molar-refractivity contribution in [3.05, 3.63) is 42.6 Å². The second kappa shape index (κ2) is 7.45. The van der Waals surface area contributed by atoms with E-state index in [2.05, 4.69) is 32.7 Å². The Morgan fingerprint density at radius 1 is 1.09 bits per heavy atom. The van der Waals surface area contributed by atoms with Crippen LogP contribution in [0, 0.1) is 0 Å². The molecule has 116 valence electrons. The van der Waals surface area contributed by atoms with E-state index >= 15 is 0 Å². The highest BCUT2D eigenvalue weighted by Crippen LogP contribution is 2.20. The van der Waals surface area contributed by atoms with Gasteiger partial charge in [0.25, 0.3) is 0 Å². The Balaban J connectivity index is 1.97. The molecule has 0 bridgehead atoms. The minimum absolute atomic E-state index is 0.00464. The fraction of sp³-hybridized carbons (Fsp3) is 0.294. The summed E-state index contributed by atoms with van der Waals surface area (Å²) in [4.78, 5) is 17.8. The van der Waals surface area contributed by atoms with Gasteiger partial charge in [0.2, 0.25) is 5.91 Å². The molecule has 0 saturated heterocycles. The monoisotopic (exact) mass is 298 g/mol. The number of nitrogens with zero attached hydrogens (tertiary/aromatic N) is 2. The van der Waals surface area contributed by atoms with Crippen LogP contribution in [0.25, 0.3) is 0 Å². The van der Waals surface area contributed by atoms with E-state index in [9.17, 15) is 4.79 Å². The second-order valence-corrected chi connectivity index (χ2v) is 5.30. The molecule has 2 aromatic rings. The van der Waals surface area contributed by atoms with Crippen LogP contribution in [0.1, 0.15) is 19.8 Å². The summed E-state index contributed by atoms with van der Waals surface area (Å²) in [5.74, 6) is 0.571. The van der Waals surface area contributed by atoms with Crippen molar-refractivity contribution in [2.75, 3.05) is 29.6 Å². The summed E-state index contributed by atoms with van der Waals surface area (Å²) < 4.78 is 0. The standard InChI is InChI=1S/C17H22N4O/c1-4-5-17(22)20-16-11-8-14(12-18-16)19-13-6-9-15(10-7-13)21(2)3/h6-12,19H,4-5H2,1-3H3,(H,18,20,22). The lowest BCUT2D eigenvalue weighted by Gasteiger charge is -2.13. The van der Waals surface area contributed by atoms with Crippen LogP contribution in [0.4, 0.5) is 22.9 Å². The molecule has 0 unspecified atom stereocenters. The number of nitrogens with one attached hydrogen (secondary N) is 2. The molecule has 0 atom stereocenters. The number of hydrogen-bond acceptors (Lipinski definition) is 4. The van der Waals surface area contributed by atoms with Crippen LogP contribution >= 0.6 is 0 Å². The Hall–Kier alpha value is -2.56. The van der Waals surface area contributed by atoms with Gasteiger partial charge in [-0.2, -0.15) is 0 Å². The molecule has 0 spiro atoms. The van der Waals surface area contributed by atoms with Gasteiger partial charge >= 0.3 is 0 Å². The SMILES string of the molecule is CCCC(=O)Nc1ccc(Nc2ccc(N(C)C)cc2)cn1. The van der Waals surface area contributed by atoms with E-state index in [0.717, 1.165) is 23.5 Å². The molecular formula is C17H22N4O. The molecule has 0 aliphatic carbocycles. The van der Waals surface area contributed by atoms with E-state index in [1.165, 1.54) is 0 Å². The minimum atomic E-state index is -0.00464. The maximum atomic E-state index is 11.5. The van der Waals surface area contributed by atoms with E-state index in [-0.39, 0.29) is 5.91 Å². The molecule has 0 saturated carbocycles. The molecule has 1 amide bonds. The van der Waals surface area contributed by atoms with E-state index in [1.807, 2.05) is 39.2 Å². The molecule has 0 aliphatic heterocycles. The van der Waals surface area contributed by atoms with Crippen molar-refractivity contribution < 1.29 is 4.79 Å². The molecule has 0 radical (unpaired) electrons. The number of benzene rings is 1. The summed E-state index contributed by atoms with van der Waals surface area (Å²) in [6, 6.07) is 11.8. The van der Waals surface area contributed by atoms with Crippen LogP contribution in [0.15, 0.2) is 42.6 Å². The molecule has 1 heterocycles. The summed E-state index contributed by atoms with van der Waals surface area (Å²) in [6.45, 7) is 1.97. The van der Waals surface area contributed by atoms with Crippen LogP contribution in [0.5, 0.6) is 0 Å². The van der Waals surface area contributed by atoms with Crippen LogP contribution in [0.2, 0.25) is 0 Å². The number of carbonyl (C=O) groups is 1. The first-order valence-electron chi connectivity index (χ1n) is 7.39. The van der Waals surface area contributed by atoms with Crippen molar-refractivity contribution in [2.24, 2.45) is 0 Å². The van der Waals surface area contributed by atoms with Crippen LogP contribution in [-0.2, 0) is 4.79 Å². The van der Waals surface area contributed by atoms with Crippen molar-refractivity contribution in [1.82, 2.24) is 4.98 Å². The lowest BCUT2D eigenvalue weighted by atomic mass is 10.2. The number of hydrogen-bond donors (Lipinski definition) is 2. The van der Waals surface area contributed by atoms with Gasteiger partial charge in [0.05, 0.1) is 11.9 Å². The molecule has 1 aromatic carbocycles. The van der Waals surface area contributed by atoms with Crippen molar-refractivity contribution in [3.63, 3.8) is 0 Å². The highest BCUT2D eigenvalue weighted by atomic mass is 16.1. The fourth-order valence-electron chi connectivity index (χ4n) is 1.98. The fourth-order valence-corrected chi connectivity index (χ4v) is 1.98. The average Bonchev–Trinajstić information content (AvgIpc) is 2.50. The van der Waals surface area contributed by atoms with Crippen molar-refractivity contribution in [2.45, 2.75) is 19.8 Å². The zero-order valence-electron chi connectivity index (χ0n) is 13.3. The summed E-state index contributed by atoms with van der Waals surface area (Å²) >= 11 is 0. The maximum Gasteiger partial charge on any atom is 0.225 e. The summed E-state index contributed by atoms with van der Waals surface area (Å²) in [5, 5.41) is 6.05. The Morgan fingerprint density at radius 2 is 1.77 bits per heavy atom. The smallest absolute Gasteiger partial charge is 0.225 e. The first-order chi connectivity index (χ1) is 10.6. The van der Waals surface area contributed by atoms with Crippen molar-refractivity contribution >= 4 is 28.8 Å². The normalized spacial score (nSPS) is 10.1. The molecule has 1 aromatic heterocycles. The first-order valence-corrected chi connectivity index (χ1v) is 7.39. The van der Waals surface area contributed by atoms with E-state index in [0.29, 0.717) is 12.2 Å². The topological polar surface area (TPSA) is 57.3 Å². The van der Waals surface area contributed by atoms with Crippen LogP contribution in [0.3, 0.4) is 0 Å². The van der Waals surface area contributed by atoms with Gasteiger partial charge in [-0.3, -0.25) is 4.79 Å². The number of amides is 1. The van der Waals surface area contributed by atoms with Gasteiger partial charge in [-0.05, 0) is 42.8 Å². The Morgan fingerprint density at radius 3 is 2.32 bits per heavy atom. The first kappa shape index (κ1) is 15.8. The number of carbonyl (C=O) groups excluding carboxylic acids is 1. The van der Waals surface area contributed by atoms with E-state index < -0.39 is 0 Å². The predicted octanol–water partition coefficient (Wildman–Crippen LogP) is 3.63. The molecule has 2 N–H and O–H groups in total. The summed E-state index contributed by atoms with van der Waals surface area (Å²) in [6.07, 6.45) is 3.05. The lowest BCUT2D eigenvalue weighted by molar-refractivity contribution is -0.116. The Labute approximate surface area is 131 Å². The van der Waals surface area contributed by atoms with Crippen LogP contribution < -0.4 is 15.5 Å². The molecule has 22 heavy (non-hydrogen) atoms. The third kappa shape index (κ3) is 4.48. The molecule has 2 rings (SSSR count). The number of pyridine rings is 1. The summed E-state index contributed by atoms with van der Waals surface area (Å²) in [5.41, 5.74) is 3.03. The van der Waals surface area contributed by atoms with Gasteiger partial charge in [0, 0.05) is 31.9 Å². The number of aromatic nitrogens is 1. The molecule has 5 heteroatoms. The van der Waals surface area contributed by atoms with Gasteiger partial charge in [-0.25, -0.2) is 4.98 Å². The van der Waals surface area contributed by atoms with Gasteiger partial charge in [0.15, 0.2) is 0 Å². The summed E-state index contributed by atoms with van der Waals surface area (Å²) in [7, 11) is 4.02. The van der Waals surface area contributed by atoms with Gasteiger partial charge < -0.3 is 15.5 Å². The quantitative estimate of drug-likeness (QED) is 0.855. The number of rotatable bonds is 6. The van der Waals surface area contributed by atoms with E-state index in [4.69, 9.17) is 0 Å².